The van der Waals surface area contributed by atoms with Gasteiger partial charge >= 0.3 is 11.9 Å². The van der Waals surface area contributed by atoms with Crippen LogP contribution in [0.3, 0.4) is 0 Å². The molecular weight excluding hydrogens is 220 g/mol. The maximum absolute atomic E-state index is 10.4. The molecule has 0 fully saturated rings. The fourth-order valence-corrected chi connectivity index (χ4v) is 0.900. The molecule has 0 unspecified atom stereocenters. The van der Waals surface area contributed by atoms with Crippen LogP contribution >= 0.6 is 0 Å². The topological polar surface area (TPSA) is 52.6 Å². The van der Waals surface area contributed by atoms with Crippen LogP contribution in [0.15, 0.2) is 30.3 Å². The Balaban J connectivity index is 0.000000325. The van der Waals surface area contributed by atoms with Crippen LogP contribution in [0.5, 0.6) is 5.75 Å². The first-order valence-electron chi connectivity index (χ1n) is 5.43. The highest BCUT2D eigenvalue weighted by Gasteiger charge is 1.93. The monoisotopic (exact) mass is 238 g/mol. The molecule has 0 aliphatic carbocycles. The summed E-state index contributed by atoms with van der Waals surface area (Å²) in [5, 5.41) is 0. The summed E-state index contributed by atoms with van der Waals surface area (Å²) >= 11 is 0. The second kappa shape index (κ2) is 9.39. The summed E-state index contributed by atoms with van der Waals surface area (Å²) in [4.78, 5) is 20.4. The molecule has 4 heteroatoms. The van der Waals surface area contributed by atoms with Crippen LogP contribution in [0.25, 0.3) is 0 Å². The molecule has 94 valence electrons. The Labute approximate surface area is 102 Å². The van der Waals surface area contributed by atoms with E-state index in [4.69, 9.17) is 4.74 Å². The van der Waals surface area contributed by atoms with Crippen molar-refractivity contribution in [2.75, 3.05) is 6.61 Å². The van der Waals surface area contributed by atoms with Crippen molar-refractivity contribution < 1.29 is 19.1 Å². The van der Waals surface area contributed by atoms with Gasteiger partial charge in [0.15, 0.2) is 0 Å². The number of benzene rings is 1. The lowest BCUT2D eigenvalue weighted by Gasteiger charge is -1.97. The van der Waals surface area contributed by atoms with Gasteiger partial charge in [0.2, 0.25) is 0 Å². The quantitative estimate of drug-likeness (QED) is 0.600. The van der Waals surface area contributed by atoms with E-state index < -0.39 is 0 Å². The third-order valence-corrected chi connectivity index (χ3v) is 1.51. The SMILES string of the molecule is CC(=O)Oc1ccccc1.CCCOC(C)=O. The number of carbonyl (C=O) groups is 2. The van der Waals surface area contributed by atoms with Crippen LogP contribution in [-0.4, -0.2) is 18.5 Å². The molecule has 0 heterocycles. The van der Waals surface area contributed by atoms with Crippen molar-refractivity contribution in [3.63, 3.8) is 0 Å². The zero-order valence-corrected chi connectivity index (χ0v) is 10.4. The maximum atomic E-state index is 10.4. The van der Waals surface area contributed by atoms with E-state index in [-0.39, 0.29) is 11.9 Å². The minimum Gasteiger partial charge on any atom is -0.466 e. The summed E-state index contributed by atoms with van der Waals surface area (Å²) in [5.74, 6) is 0.114. The predicted molar refractivity (Wildman–Crippen MR) is 64.7 cm³/mol. The third kappa shape index (κ3) is 10.4. The number of esters is 2. The number of ether oxygens (including phenoxy) is 2. The Morgan fingerprint density at radius 2 is 1.65 bits per heavy atom. The molecule has 1 aromatic rings. The van der Waals surface area contributed by atoms with Crippen molar-refractivity contribution in [3.8, 4) is 5.75 Å². The first-order valence-corrected chi connectivity index (χ1v) is 5.43. The van der Waals surface area contributed by atoms with Gasteiger partial charge in [-0.25, -0.2) is 0 Å². The molecule has 4 nitrogen and oxygen atoms in total. The van der Waals surface area contributed by atoms with E-state index >= 15 is 0 Å². The van der Waals surface area contributed by atoms with Gasteiger partial charge in [-0.3, -0.25) is 9.59 Å². The van der Waals surface area contributed by atoms with E-state index in [2.05, 4.69) is 4.74 Å². The number of carbonyl (C=O) groups excluding carboxylic acids is 2. The Kier molecular flexibility index (Phi) is 8.37. The van der Waals surface area contributed by atoms with Gasteiger partial charge in [0.1, 0.15) is 5.75 Å². The zero-order valence-electron chi connectivity index (χ0n) is 10.4. The molecule has 17 heavy (non-hydrogen) atoms. The van der Waals surface area contributed by atoms with Crippen LogP contribution in [0.4, 0.5) is 0 Å². The molecule has 0 radical (unpaired) electrons. The van der Waals surface area contributed by atoms with Gasteiger partial charge in [-0.1, -0.05) is 25.1 Å². The van der Waals surface area contributed by atoms with Crippen LogP contribution in [-0.2, 0) is 14.3 Å². The highest BCUT2D eigenvalue weighted by Crippen LogP contribution is 2.07. The van der Waals surface area contributed by atoms with Crippen molar-refractivity contribution in [1.82, 2.24) is 0 Å². The van der Waals surface area contributed by atoms with Crippen LogP contribution in [0, 0.1) is 0 Å². The lowest BCUT2D eigenvalue weighted by Crippen LogP contribution is -2.00. The molecule has 0 aliphatic rings. The molecular formula is C13H18O4. The smallest absolute Gasteiger partial charge is 0.308 e. The van der Waals surface area contributed by atoms with Crippen molar-refractivity contribution in [3.05, 3.63) is 30.3 Å². The van der Waals surface area contributed by atoms with Crippen molar-refractivity contribution >= 4 is 11.9 Å². The highest BCUT2D eigenvalue weighted by atomic mass is 16.5. The molecule has 1 rings (SSSR count). The second-order valence-corrected chi connectivity index (χ2v) is 3.25. The summed E-state index contributed by atoms with van der Waals surface area (Å²) in [5.41, 5.74) is 0. The number of rotatable bonds is 3. The van der Waals surface area contributed by atoms with Gasteiger partial charge in [0.25, 0.3) is 0 Å². The molecule has 0 saturated heterocycles. The highest BCUT2D eigenvalue weighted by molar-refractivity contribution is 5.69. The zero-order chi connectivity index (χ0) is 13.1. The van der Waals surface area contributed by atoms with Gasteiger partial charge in [-0.2, -0.15) is 0 Å². The average Bonchev–Trinajstić information content (AvgIpc) is 2.27. The molecule has 1 aromatic carbocycles. The van der Waals surface area contributed by atoms with Gasteiger partial charge in [0.05, 0.1) is 6.61 Å². The molecule has 0 spiro atoms. The van der Waals surface area contributed by atoms with Crippen molar-refractivity contribution in [2.24, 2.45) is 0 Å². The summed E-state index contributed by atoms with van der Waals surface area (Å²) in [6.07, 6.45) is 0.902. The lowest BCUT2D eigenvalue weighted by atomic mass is 10.3. The van der Waals surface area contributed by atoms with E-state index in [0.717, 1.165) is 6.42 Å². The molecule has 0 saturated carbocycles. The van der Waals surface area contributed by atoms with Gasteiger partial charge < -0.3 is 9.47 Å². The maximum Gasteiger partial charge on any atom is 0.308 e. The van der Waals surface area contributed by atoms with Gasteiger partial charge in [-0.15, -0.1) is 0 Å². The molecule has 0 bridgehead atoms. The number of para-hydroxylation sites is 1. The largest absolute Gasteiger partial charge is 0.466 e. The Hall–Kier alpha value is -1.84. The molecule has 0 amide bonds. The normalized spacial score (nSPS) is 8.65. The standard InChI is InChI=1S/C8H8O2.C5H10O2/c1-7(9)10-8-5-3-2-4-6-8;1-3-4-7-5(2)6/h2-6H,1H3;3-4H2,1-2H3. The van der Waals surface area contributed by atoms with Crippen LogP contribution in [0.1, 0.15) is 27.2 Å². The Morgan fingerprint density at radius 3 is 2.00 bits per heavy atom. The molecule has 0 aromatic heterocycles. The van der Waals surface area contributed by atoms with Crippen molar-refractivity contribution in [1.29, 1.82) is 0 Å². The average molecular weight is 238 g/mol. The molecule has 0 N–H and O–H groups in total. The summed E-state index contributed by atoms with van der Waals surface area (Å²) in [6, 6.07) is 8.98. The first-order chi connectivity index (χ1) is 8.06. The fourth-order valence-electron chi connectivity index (χ4n) is 0.900. The van der Waals surface area contributed by atoms with Crippen LogP contribution in [0.2, 0.25) is 0 Å². The van der Waals surface area contributed by atoms with E-state index in [9.17, 15) is 9.59 Å². The first kappa shape index (κ1) is 15.2. The van der Waals surface area contributed by atoms with E-state index in [1.54, 1.807) is 12.1 Å². The van der Waals surface area contributed by atoms with Crippen molar-refractivity contribution in [2.45, 2.75) is 27.2 Å². The number of hydrogen-bond acceptors (Lipinski definition) is 4. The van der Waals surface area contributed by atoms with E-state index in [1.165, 1.54) is 13.8 Å². The third-order valence-electron chi connectivity index (χ3n) is 1.51. The van der Waals surface area contributed by atoms with Gasteiger partial charge in [-0.05, 0) is 18.6 Å². The number of hydrogen-bond donors (Lipinski definition) is 0. The van der Waals surface area contributed by atoms with E-state index in [1.807, 2.05) is 25.1 Å². The predicted octanol–water partition coefficient (Wildman–Crippen LogP) is 2.57. The minimum atomic E-state index is -0.286. The molecule has 0 atom stereocenters. The summed E-state index contributed by atoms with van der Waals surface area (Å²) in [6.45, 7) is 5.31. The van der Waals surface area contributed by atoms with E-state index in [0.29, 0.717) is 12.4 Å². The second-order valence-electron chi connectivity index (χ2n) is 3.25. The summed E-state index contributed by atoms with van der Waals surface area (Å²) < 4.78 is 9.33. The Morgan fingerprint density at radius 1 is 1.06 bits per heavy atom. The molecule has 0 aliphatic heterocycles. The summed E-state index contributed by atoms with van der Waals surface area (Å²) in [7, 11) is 0. The van der Waals surface area contributed by atoms with Gasteiger partial charge in [0, 0.05) is 13.8 Å². The lowest BCUT2D eigenvalue weighted by molar-refractivity contribution is -0.141. The Bertz CT molecular complexity index is 333. The fraction of sp³-hybridized carbons (Fsp3) is 0.385. The van der Waals surface area contributed by atoms with Crippen LogP contribution < -0.4 is 4.74 Å². The minimum absolute atomic E-state index is 0.193.